The van der Waals surface area contributed by atoms with Crippen molar-refractivity contribution in [3.63, 3.8) is 0 Å². The zero-order chi connectivity index (χ0) is 17.4. The van der Waals surface area contributed by atoms with Gasteiger partial charge < -0.3 is 5.11 Å². The molecule has 1 aromatic carbocycles. The number of aliphatic hydroxyl groups is 1. The minimum atomic E-state index is -0.803. The molecule has 3 rings (SSSR count). The molecule has 0 radical (unpaired) electrons. The number of β-amino-alcohol motifs (C(OH)–C–C–N with tert-alkyl or cyclic N) is 1. The fraction of sp³-hybridized carbons (Fsp3) is 0.526. The number of aromatic nitrogens is 2. The molecule has 0 aliphatic carbocycles. The maximum Gasteiger partial charge on any atom is 0.102 e. The molecule has 1 saturated heterocycles. The first-order valence-electron chi connectivity index (χ1n) is 8.51. The quantitative estimate of drug-likeness (QED) is 0.918. The van der Waals surface area contributed by atoms with Gasteiger partial charge in [0, 0.05) is 29.9 Å². The lowest BCUT2D eigenvalue weighted by molar-refractivity contribution is -0.0381. The summed E-state index contributed by atoms with van der Waals surface area (Å²) in [5.41, 5.74) is 1.32. The molecule has 0 amide bonds. The molecule has 24 heavy (non-hydrogen) atoms. The van der Waals surface area contributed by atoms with Gasteiger partial charge in [-0.2, -0.15) is 5.10 Å². The second-order valence-electron chi connectivity index (χ2n) is 7.82. The Balaban J connectivity index is 1.71. The molecule has 1 N–H and O–H groups in total. The smallest absolute Gasteiger partial charge is 0.102 e. The molecule has 1 aromatic heterocycles. The normalized spacial score (nSPS) is 22.7. The number of halogens is 1. The second kappa shape index (κ2) is 6.51. The summed E-state index contributed by atoms with van der Waals surface area (Å²) in [5.74, 6) is 0. The van der Waals surface area contributed by atoms with Gasteiger partial charge in [0.1, 0.15) is 5.60 Å². The Bertz CT molecular complexity index is 689. The van der Waals surface area contributed by atoms with E-state index in [-0.39, 0.29) is 5.54 Å². The Morgan fingerprint density at radius 2 is 1.96 bits per heavy atom. The minimum absolute atomic E-state index is 0.00973. The fourth-order valence-electron chi connectivity index (χ4n) is 3.32. The standard InChI is InChI=1S/C19H26ClN3O/c1-18(2,3)23-13-15(11-21-23)12-22-10-4-9-19(24,14-22)16-5-7-17(20)8-6-16/h5-8,11,13,24H,4,9-10,12,14H2,1-3H3. The summed E-state index contributed by atoms with van der Waals surface area (Å²) in [5, 5.41) is 16.3. The summed E-state index contributed by atoms with van der Waals surface area (Å²) < 4.78 is 2.00. The average Bonchev–Trinajstić information content (AvgIpc) is 2.96. The molecule has 2 heterocycles. The summed E-state index contributed by atoms with van der Waals surface area (Å²) in [7, 11) is 0. The van der Waals surface area contributed by atoms with Crippen molar-refractivity contribution in [2.24, 2.45) is 0 Å². The molecule has 130 valence electrons. The van der Waals surface area contributed by atoms with Crippen LogP contribution in [0.3, 0.4) is 0 Å². The lowest BCUT2D eigenvalue weighted by Gasteiger charge is -2.39. The number of rotatable bonds is 3. The molecular weight excluding hydrogens is 322 g/mol. The predicted octanol–water partition coefficient (Wildman–Crippen LogP) is 3.78. The topological polar surface area (TPSA) is 41.3 Å². The summed E-state index contributed by atoms with van der Waals surface area (Å²) in [6, 6.07) is 7.56. The molecular formula is C19H26ClN3O. The first kappa shape index (κ1) is 17.5. The van der Waals surface area contributed by atoms with Crippen molar-refractivity contribution in [2.75, 3.05) is 13.1 Å². The van der Waals surface area contributed by atoms with Crippen LogP contribution in [0, 0.1) is 0 Å². The van der Waals surface area contributed by atoms with E-state index >= 15 is 0 Å². The molecule has 4 nitrogen and oxygen atoms in total. The van der Waals surface area contributed by atoms with Crippen LogP contribution >= 0.6 is 11.6 Å². The summed E-state index contributed by atoms with van der Waals surface area (Å²) in [4.78, 5) is 2.31. The highest BCUT2D eigenvalue weighted by Crippen LogP contribution is 2.32. The van der Waals surface area contributed by atoms with E-state index in [1.54, 1.807) is 0 Å². The van der Waals surface area contributed by atoms with Crippen molar-refractivity contribution < 1.29 is 5.11 Å². The van der Waals surface area contributed by atoms with Gasteiger partial charge in [0.2, 0.25) is 0 Å². The molecule has 1 fully saturated rings. The van der Waals surface area contributed by atoms with Crippen LogP contribution < -0.4 is 0 Å². The zero-order valence-corrected chi connectivity index (χ0v) is 15.4. The third-order valence-electron chi connectivity index (χ3n) is 4.66. The van der Waals surface area contributed by atoms with Gasteiger partial charge in [-0.1, -0.05) is 23.7 Å². The van der Waals surface area contributed by atoms with Crippen LogP contribution in [0.5, 0.6) is 0 Å². The molecule has 0 spiro atoms. The number of nitrogens with zero attached hydrogens (tertiary/aromatic N) is 3. The van der Waals surface area contributed by atoms with E-state index in [1.807, 2.05) is 35.1 Å². The van der Waals surface area contributed by atoms with E-state index in [0.29, 0.717) is 11.6 Å². The lowest BCUT2D eigenvalue weighted by Crippen LogP contribution is -2.45. The van der Waals surface area contributed by atoms with Gasteiger partial charge in [0.15, 0.2) is 0 Å². The lowest BCUT2D eigenvalue weighted by atomic mass is 9.85. The van der Waals surface area contributed by atoms with Crippen molar-refractivity contribution in [2.45, 2.75) is 51.3 Å². The molecule has 1 aliphatic rings. The zero-order valence-electron chi connectivity index (χ0n) is 14.7. The summed E-state index contributed by atoms with van der Waals surface area (Å²) >= 11 is 5.97. The molecule has 0 bridgehead atoms. The highest BCUT2D eigenvalue weighted by molar-refractivity contribution is 6.30. The van der Waals surface area contributed by atoms with Crippen molar-refractivity contribution in [1.29, 1.82) is 0 Å². The third-order valence-corrected chi connectivity index (χ3v) is 4.91. The Morgan fingerprint density at radius 1 is 1.25 bits per heavy atom. The maximum atomic E-state index is 11.1. The second-order valence-corrected chi connectivity index (χ2v) is 8.25. The van der Waals surface area contributed by atoms with E-state index in [1.165, 1.54) is 5.56 Å². The van der Waals surface area contributed by atoms with E-state index in [0.717, 1.165) is 31.5 Å². The third kappa shape index (κ3) is 3.82. The number of likely N-dealkylation sites (tertiary alicyclic amines) is 1. The van der Waals surface area contributed by atoms with Crippen molar-refractivity contribution in [3.8, 4) is 0 Å². The number of hydrogen-bond donors (Lipinski definition) is 1. The maximum absolute atomic E-state index is 11.1. The highest BCUT2D eigenvalue weighted by atomic mass is 35.5. The SMILES string of the molecule is CC(C)(C)n1cc(CN2CCCC(O)(c3ccc(Cl)cc3)C2)cn1. The van der Waals surface area contributed by atoms with Crippen LogP contribution in [0.25, 0.3) is 0 Å². The Hall–Kier alpha value is -1.36. The van der Waals surface area contributed by atoms with Crippen molar-refractivity contribution in [1.82, 2.24) is 14.7 Å². The number of piperidine rings is 1. The van der Waals surface area contributed by atoms with Crippen LogP contribution in [0.15, 0.2) is 36.7 Å². The molecule has 5 heteroatoms. The number of hydrogen-bond acceptors (Lipinski definition) is 3. The van der Waals surface area contributed by atoms with Gasteiger partial charge in [-0.25, -0.2) is 0 Å². The van der Waals surface area contributed by atoms with Crippen LogP contribution in [-0.2, 0) is 17.7 Å². The minimum Gasteiger partial charge on any atom is -0.384 e. The molecule has 1 unspecified atom stereocenters. The number of benzene rings is 1. The Morgan fingerprint density at radius 3 is 2.58 bits per heavy atom. The Kier molecular flexibility index (Phi) is 4.73. The van der Waals surface area contributed by atoms with Crippen LogP contribution in [-0.4, -0.2) is 32.9 Å². The van der Waals surface area contributed by atoms with Gasteiger partial charge in [-0.15, -0.1) is 0 Å². The van der Waals surface area contributed by atoms with E-state index in [4.69, 9.17) is 11.6 Å². The largest absolute Gasteiger partial charge is 0.384 e. The summed E-state index contributed by atoms with van der Waals surface area (Å²) in [6.07, 6.45) is 5.80. The van der Waals surface area contributed by atoms with Crippen molar-refractivity contribution in [3.05, 3.63) is 52.8 Å². The predicted molar refractivity (Wildman–Crippen MR) is 97.1 cm³/mol. The first-order chi connectivity index (χ1) is 11.3. The highest BCUT2D eigenvalue weighted by Gasteiger charge is 2.35. The van der Waals surface area contributed by atoms with Gasteiger partial charge in [-0.05, 0) is 57.9 Å². The van der Waals surface area contributed by atoms with Gasteiger partial charge in [0.05, 0.1) is 11.7 Å². The molecule has 1 atom stereocenters. The van der Waals surface area contributed by atoms with E-state index < -0.39 is 5.60 Å². The van der Waals surface area contributed by atoms with Gasteiger partial charge in [0.25, 0.3) is 0 Å². The molecule has 1 aliphatic heterocycles. The molecule has 0 saturated carbocycles. The van der Waals surface area contributed by atoms with Gasteiger partial charge in [-0.3, -0.25) is 9.58 Å². The average molecular weight is 348 g/mol. The van der Waals surface area contributed by atoms with E-state index in [2.05, 4.69) is 37.0 Å². The van der Waals surface area contributed by atoms with Gasteiger partial charge >= 0.3 is 0 Å². The van der Waals surface area contributed by atoms with E-state index in [9.17, 15) is 5.11 Å². The molecule has 2 aromatic rings. The first-order valence-corrected chi connectivity index (χ1v) is 8.89. The van der Waals surface area contributed by atoms with Crippen LogP contribution in [0.2, 0.25) is 5.02 Å². The Labute approximate surface area is 149 Å². The monoisotopic (exact) mass is 347 g/mol. The van der Waals surface area contributed by atoms with Crippen LogP contribution in [0.1, 0.15) is 44.7 Å². The van der Waals surface area contributed by atoms with Crippen LogP contribution in [0.4, 0.5) is 0 Å². The summed E-state index contributed by atoms with van der Waals surface area (Å²) in [6.45, 7) is 8.87. The fourth-order valence-corrected chi connectivity index (χ4v) is 3.45. The van der Waals surface area contributed by atoms with Crippen molar-refractivity contribution >= 4 is 11.6 Å².